The van der Waals surface area contributed by atoms with E-state index in [-0.39, 0.29) is 22.6 Å². The standard InChI is InChI=1S/C22H25N3O4S/c1-3-21(26)23-17-7-9-20(14(2)12-17)30(28,29)24-18-6-8-19-16(13-18)10-11-25(19)22(27)15-4-5-15/h6-9,12-13,15,24H,3-5,10-11H2,1-2H3,(H,23,26). The highest BCUT2D eigenvalue weighted by molar-refractivity contribution is 7.92. The lowest BCUT2D eigenvalue weighted by Crippen LogP contribution is -2.30. The van der Waals surface area contributed by atoms with E-state index < -0.39 is 10.0 Å². The molecule has 1 aliphatic carbocycles. The fraction of sp³-hybridized carbons (Fsp3) is 0.364. The number of carbonyl (C=O) groups excluding carboxylic acids is 2. The monoisotopic (exact) mass is 427 g/mol. The maximum atomic E-state index is 12.9. The van der Waals surface area contributed by atoms with Crippen LogP contribution in [0.3, 0.4) is 0 Å². The van der Waals surface area contributed by atoms with Crippen molar-refractivity contribution in [3.05, 3.63) is 47.5 Å². The van der Waals surface area contributed by atoms with Gasteiger partial charge in [0.2, 0.25) is 11.8 Å². The van der Waals surface area contributed by atoms with Crippen LogP contribution in [-0.4, -0.2) is 26.8 Å². The van der Waals surface area contributed by atoms with E-state index in [0.29, 0.717) is 36.3 Å². The van der Waals surface area contributed by atoms with Gasteiger partial charge in [0.1, 0.15) is 0 Å². The van der Waals surface area contributed by atoms with Gasteiger partial charge in [0.05, 0.1) is 4.90 Å². The molecular weight excluding hydrogens is 402 g/mol. The Bertz CT molecular complexity index is 1120. The molecule has 0 unspecified atom stereocenters. The molecule has 2 aromatic carbocycles. The van der Waals surface area contributed by atoms with Gasteiger partial charge in [0, 0.05) is 35.9 Å². The molecule has 0 saturated heterocycles. The van der Waals surface area contributed by atoms with Crippen LogP contribution in [0.15, 0.2) is 41.3 Å². The Morgan fingerprint density at radius 3 is 2.50 bits per heavy atom. The van der Waals surface area contributed by atoms with E-state index in [0.717, 1.165) is 24.1 Å². The van der Waals surface area contributed by atoms with Crippen LogP contribution >= 0.6 is 0 Å². The number of hydrogen-bond donors (Lipinski definition) is 2. The molecule has 0 spiro atoms. The average molecular weight is 428 g/mol. The number of hydrogen-bond acceptors (Lipinski definition) is 4. The topological polar surface area (TPSA) is 95.6 Å². The highest BCUT2D eigenvalue weighted by Crippen LogP contribution is 2.37. The highest BCUT2D eigenvalue weighted by Gasteiger charge is 2.36. The number of rotatable bonds is 6. The number of nitrogens with one attached hydrogen (secondary N) is 2. The number of sulfonamides is 1. The Hall–Kier alpha value is -2.87. The van der Waals surface area contributed by atoms with Gasteiger partial charge in [-0.2, -0.15) is 0 Å². The van der Waals surface area contributed by atoms with E-state index in [1.807, 2.05) is 11.0 Å². The minimum Gasteiger partial charge on any atom is -0.326 e. The van der Waals surface area contributed by atoms with Gasteiger partial charge in [-0.25, -0.2) is 8.42 Å². The SMILES string of the molecule is CCC(=O)Nc1ccc(S(=O)(=O)Nc2ccc3c(c2)CCN3C(=O)C2CC2)c(C)c1. The van der Waals surface area contributed by atoms with Crippen LogP contribution < -0.4 is 14.9 Å². The lowest BCUT2D eigenvalue weighted by Gasteiger charge is -2.17. The van der Waals surface area contributed by atoms with Crippen molar-refractivity contribution >= 4 is 38.9 Å². The summed E-state index contributed by atoms with van der Waals surface area (Å²) in [6.07, 6.45) is 2.99. The number of anilines is 3. The van der Waals surface area contributed by atoms with Crippen molar-refractivity contribution in [3.63, 3.8) is 0 Å². The molecule has 7 nitrogen and oxygen atoms in total. The van der Waals surface area contributed by atoms with Crippen LogP contribution in [0.2, 0.25) is 0 Å². The van der Waals surface area contributed by atoms with Crippen molar-refractivity contribution in [2.45, 2.75) is 44.4 Å². The van der Waals surface area contributed by atoms with Crippen LogP contribution in [-0.2, 0) is 26.0 Å². The molecule has 30 heavy (non-hydrogen) atoms. The van der Waals surface area contributed by atoms with E-state index in [4.69, 9.17) is 0 Å². The number of amides is 2. The van der Waals surface area contributed by atoms with Crippen LogP contribution in [0.5, 0.6) is 0 Å². The molecule has 4 rings (SSSR count). The van der Waals surface area contributed by atoms with Crippen molar-refractivity contribution < 1.29 is 18.0 Å². The summed E-state index contributed by atoms with van der Waals surface area (Å²) in [5.74, 6) is 0.200. The molecule has 2 aromatic rings. The molecule has 0 bridgehead atoms. The molecule has 0 aromatic heterocycles. The van der Waals surface area contributed by atoms with E-state index in [9.17, 15) is 18.0 Å². The van der Waals surface area contributed by atoms with Crippen molar-refractivity contribution in [2.75, 3.05) is 21.5 Å². The summed E-state index contributed by atoms with van der Waals surface area (Å²) < 4.78 is 28.5. The minimum atomic E-state index is -3.79. The lowest BCUT2D eigenvalue weighted by molar-refractivity contribution is -0.119. The molecule has 1 heterocycles. The first-order valence-corrected chi connectivity index (χ1v) is 11.6. The quantitative estimate of drug-likeness (QED) is 0.738. The first-order chi connectivity index (χ1) is 14.3. The number of nitrogens with zero attached hydrogens (tertiary/aromatic N) is 1. The Morgan fingerprint density at radius 1 is 1.10 bits per heavy atom. The molecule has 2 N–H and O–H groups in total. The predicted octanol–water partition coefficient (Wildman–Crippen LogP) is 3.44. The van der Waals surface area contributed by atoms with Crippen LogP contribution in [0.4, 0.5) is 17.1 Å². The molecular formula is C22H25N3O4S. The van der Waals surface area contributed by atoms with Crippen LogP contribution in [0.25, 0.3) is 0 Å². The van der Waals surface area contributed by atoms with Gasteiger partial charge in [-0.05, 0) is 73.7 Å². The highest BCUT2D eigenvalue weighted by atomic mass is 32.2. The van der Waals surface area contributed by atoms with E-state index in [1.165, 1.54) is 6.07 Å². The lowest BCUT2D eigenvalue weighted by atomic mass is 10.1. The van der Waals surface area contributed by atoms with Crippen molar-refractivity contribution in [2.24, 2.45) is 5.92 Å². The summed E-state index contributed by atoms with van der Waals surface area (Å²) >= 11 is 0. The van der Waals surface area contributed by atoms with Gasteiger partial charge in [0.25, 0.3) is 10.0 Å². The first-order valence-electron chi connectivity index (χ1n) is 10.2. The van der Waals surface area contributed by atoms with Gasteiger partial charge in [0.15, 0.2) is 0 Å². The van der Waals surface area contributed by atoms with Crippen LogP contribution in [0.1, 0.15) is 37.3 Å². The van der Waals surface area contributed by atoms with E-state index in [1.54, 1.807) is 38.1 Å². The summed E-state index contributed by atoms with van der Waals surface area (Å²) in [5, 5.41) is 2.73. The van der Waals surface area contributed by atoms with Crippen molar-refractivity contribution in [3.8, 4) is 0 Å². The fourth-order valence-corrected chi connectivity index (χ4v) is 5.01. The third-order valence-electron chi connectivity index (χ3n) is 5.49. The van der Waals surface area contributed by atoms with Crippen molar-refractivity contribution in [1.29, 1.82) is 0 Å². The molecule has 158 valence electrons. The Balaban J connectivity index is 1.53. The van der Waals surface area contributed by atoms with Gasteiger partial charge in [-0.15, -0.1) is 0 Å². The van der Waals surface area contributed by atoms with Gasteiger partial charge in [-0.1, -0.05) is 6.92 Å². The second-order valence-electron chi connectivity index (χ2n) is 7.85. The summed E-state index contributed by atoms with van der Waals surface area (Å²) in [7, 11) is -3.79. The molecule has 1 fully saturated rings. The summed E-state index contributed by atoms with van der Waals surface area (Å²) in [4.78, 5) is 25.9. The third-order valence-corrected chi connectivity index (χ3v) is 7.03. The molecule has 0 atom stereocenters. The van der Waals surface area contributed by atoms with E-state index in [2.05, 4.69) is 10.0 Å². The number of carbonyl (C=O) groups is 2. The molecule has 8 heteroatoms. The zero-order chi connectivity index (χ0) is 21.5. The molecule has 0 radical (unpaired) electrons. The Morgan fingerprint density at radius 2 is 1.83 bits per heavy atom. The second-order valence-corrected chi connectivity index (χ2v) is 9.50. The van der Waals surface area contributed by atoms with Gasteiger partial charge >= 0.3 is 0 Å². The first kappa shape index (κ1) is 20.4. The zero-order valence-electron chi connectivity index (χ0n) is 17.1. The number of benzene rings is 2. The van der Waals surface area contributed by atoms with Gasteiger partial charge in [-0.3, -0.25) is 14.3 Å². The summed E-state index contributed by atoms with van der Waals surface area (Å²) in [6, 6.07) is 10.0. The summed E-state index contributed by atoms with van der Waals surface area (Å²) in [5.41, 5.74) is 3.42. The molecule has 1 saturated carbocycles. The van der Waals surface area contributed by atoms with E-state index >= 15 is 0 Å². The maximum Gasteiger partial charge on any atom is 0.262 e. The van der Waals surface area contributed by atoms with Crippen molar-refractivity contribution in [1.82, 2.24) is 0 Å². The zero-order valence-corrected chi connectivity index (χ0v) is 17.9. The fourth-order valence-electron chi connectivity index (χ4n) is 3.73. The third kappa shape index (κ3) is 4.05. The second kappa shape index (κ2) is 7.75. The Labute approximate surface area is 176 Å². The minimum absolute atomic E-state index is 0.129. The molecule has 2 amide bonds. The predicted molar refractivity (Wildman–Crippen MR) is 116 cm³/mol. The number of aryl methyl sites for hydroxylation is 1. The largest absolute Gasteiger partial charge is 0.326 e. The smallest absolute Gasteiger partial charge is 0.262 e. The van der Waals surface area contributed by atoms with Gasteiger partial charge < -0.3 is 10.2 Å². The number of fused-ring (bicyclic) bond motifs is 1. The Kier molecular flexibility index (Phi) is 5.27. The average Bonchev–Trinajstić information content (AvgIpc) is 3.46. The molecule has 1 aliphatic heterocycles. The molecule has 2 aliphatic rings. The normalized spacial score (nSPS) is 15.6. The van der Waals surface area contributed by atoms with Crippen LogP contribution in [0, 0.1) is 12.8 Å². The maximum absolute atomic E-state index is 12.9. The summed E-state index contributed by atoms with van der Waals surface area (Å²) in [6.45, 7) is 4.09.